The number of aromatic nitrogens is 2. The molecule has 0 N–H and O–H groups in total. The lowest BCUT2D eigenvalue weighted by Gasteiger charge is -2.09. The minimum Gasteiger partial charge on any atom is -0.489 e. The molecule has 188 valence electrons. The van der Waals surface area contributed by atoms with Gasteiger partial charge in [-0.3, -0.25) is 4.98 Å². The second-order valence-electron chi connectivity index (χ2n) is 8.54. The lowest BCUT2D eigenvalue weighted by atomic mass is 10.1. The number of benzene rings is 3. The van der Waals surface area contributed by atoms with Gasteiger partial charge in [0, 0.05) is 23.3 Å². The number of pyridine rings is 1. The van der Waals surface area contributed by atoms with E-state index in [0.717, 1.165) is 33.4 Å². The minimum absolute atomic E-state index is 0.00195. The standard InChI is InChI=1S/C28H21F3N2O3S/c1-19-7-10-23(11-8-19)37(34,35)33-17-25(26-15-21(13-14-32-26)28(29,30)31)24-16-22(9-12-27(24)33)36-18-20-5-3-2-4-6-20/h2-17H,18H2,1H3. The van der Waals surface area contributed by atoms with Crippen LogP contribution in [0.4, 0.5) is 13.2 Å². The number of alkyl halides is 3. The molecule has 5 aromatic rings. The van der Waals surface area contributed by atoms with Gasteiger partial charge >= 0.3 is 6.18 Å². The molecule has 0 unspecified atom stereocenters. The number of nitrogens with zero attached hydrogens (tertiary/aromatic N) is 2. The molecule has 37 heavy (non-hydrogen) atoms. The van der Waals surface area contributed by atoms with Gasteiger partial charge in [-0.05, 0) is 55.0 Å². The zero-order chi connectivity index (χ0) is 26.2. The smallest absolute Gasteiger partial charge is 0.416 e. The van der Waals surface area contributed by atoms with Crippen molar-refractivity contribution < 1.29 is 26.3 Å². The van der Waals surface area contributed by atoms with Gasteiger partial charge in [0.1, 0.15) is 12.4 Å². The molecule has 0 fully saturated rings. The van der Waals surface area contributed by atoms with Gasteiger partial charge in [0.25, 0.3) is 10.0 Å². The van der Waals surface area contributed by atoms with E-state index >= 15 is 0 Å². The molecule has 0 spiro atoms. The van der Waals surface area contributed by atoms with Gasteiger partial charge < -0.3 is 4.74 Å². The van der Waals surface area contributed by atoms with E-state index in [9.17, 15) is 21.6 Å². The quantitative estimate of drug-likeness (QED) is 0.245. The second kappa shape index (κ2) is 9.40. The van der Waals surface area contributed by atoms with E-state index in [1.807, 2.05) is 37.3 Å². The third kappa shape index (κ3) is 4.95. The molecule has 0 saturated carbocycles. The van der Waals surface area contributed by atoms with Gasteiger partial charge in [-0.25, -0.2) is 12.4 Å². The molecule has 0 aliphatic carbocycles. The zero-order valence-electron chi connectivity index (χ0n) is 19.6. The van der Waals surface area contributed by atoms with E-state index in [1.165, 1.54) is 18.3 Å². The first kappa shape index (κ1) is 24.6. The van der Waals surface area contributed by atoms with Crippen molar-refractivity contribution in [3.05, 3.63) is 114 Å². The fourth-order valence-corrected chi connectivity index (χ4v) is 5.36. The number of ether oxygens (including phenoxy) is 1. The Kier molecular flexibility index (Phi) is 6.25. The fourth-order valence-electron chi connectivity index (χ4n) is 3.99. The van der Waals surface area contributed by atoms with E-state index in [1.54, 1.807) is 30.3 Å². The van der Waals surface area contributed by atoms with Crippen molar-refractivity contribution in [2.24, 2.45) is 0 Å². The van der Waals surface area contributed by atoms with E-state index in [2.05, 4.69) is 4.98 Å². The highest BCUT2D eigenvalue weighted by Crippen LogP contribution is 2.37. The molecule has 0 amide bonds. The van der Waals surface area contributed by atoms with Crippen LogP contribution in [-0.4, -0.2) is 17.4 Å². The van der Waals surface area contributed by atoms with Gasteiger partial charge in [0.2, 0.25) is 0 Å². The Morgan fingerprint density at radius 2 is 1.65 bits per heavy atom. The molecular weight excluding hydrogens is 501 g/mol. The monoisotopic (exact) mass is 522 g/mol. The number of fused-ring (bicyclic) bond motifs is 1. The van der Waals surface area contributed by atoms with Gasteiger partial charge in [-0.1, -0.05) is 48.0 Å². The molecule has 5 rings (SSSR count). The predicted molar refractivity (Wildman–Crippen MR) is 135 cm³/mol. The number of aryl methyl sites for hydroxylation is 1. The van der Waals surface area contributed by atoms with Gasteiger partial charge in [-0.15, -0.1) is 0 Å². The van der Waals surface area contributed by atoms with Crippen molar-refractivity contribution in [3.63, 3.8) is 0 Å². The first-order chi connectivity index (χ1) is 17.6. The van der Waals surface area contributed by atoms with E-state index in [0.29, 0.717) is 16.7 Å². The topological polar surface area (TPSA) is 61.2 Å². The number of halogens is 3. The first-order valence-electron chi connectivity index (χ1n) is 11.3. The summed E-state index contributed by atoms with van der Waals surface area (Å²) < 4.78 is 74.4. The maximum atomic E-state index is 13.6. The van der Waals surface area contributed by atoms with Crippen molar-refractivity contribution in [1.29, 1.82) is 0 Å². The van der Waals surface area contributed by atoms with Crippen molar-refractivity contribution in [2.45, 2.75) is 24.6 Å². The zero-order valence-corrected chi connectivity index (χ0v) is 20.4. The summed E-state index contributed by atoms with van der Waals surface area (Å²) in [6, 6.07) is 22.5. The average Bonchev–Trinajstić information content (AvgIpc) is 3.28. The van der Waals surface area contributed by atoms with Crippen molar-refractivity contribution >= 4 is 20.9 Å². The molecule has 0 radical (unpaired) electrons. The van der Waals surface area contributed by atoms with Crippen LogP contribution in [0.15, 0.2) is 102 Å². The van der Waals surface area contributed by atoms with E-state index in [4.69, 9.17) is 4.74 Å². The summed E-state index contributed by atoms with van der Waals surface area (Å²) in [5, 5.41) is 0.396. The van der Waals surface area contributed by atoms with Gasteiger partial charge in [0.05, 0.1) is 21.7 Å². The molecular formula is C28H21F3N2O3S. The van der Waals surface area contributed by atoms with E-state index < -0.39 is 21.8 Å². The maximum Gasteiger partial charge on any atom is 0.416 e. The van der Waals surface area contributed by atoms with Crippen LogP contribution in [0.2, 0.25) is 0 Å². The Hall–Kier alpha value is -4.11. The molecule has 9 heteroatoms. The van der Waals surface area contributed by atoms with Crippen LogP contribution in [0, 0.1) is 6.92 Å². The lowest BCUT2D eigenvalue weighted by molar-refractivity contribution is -0.137. The summed E-state index contributed by atoms with van der Waals surface area (Å²) in [7, 11) is -4.05. The van der Waals surface area contributed by atoms with Crippen LogP contribution in [0.1, 0.15) is 16.7 Å². The van der Waals surface area contributed by atoms with Crippen LogP contribution in [0.25, 0.3) is 22.2 Å². The largest absolute Gasteiger partial charge is 0.489 e. The molecule has 3 aromatic carbocycles. The van der Waals surface area contributed by atoms with Crippen LogP contribution in [0.5, 0.6) is 5.75 Å². The highest BCUT2D eigenvalue weighted by atomic mass is 32.2. The molecule has 0 aliphatic heterocycles. The van der Waals surface area contributed by atoms with E-state index in [-0.39, 0.29) is 22.8 Å². The molecule has 0 bridgehead atoms. The van der Waals surface area contributed by atoms with Crippen molar-refractivity contribution in [1.82, 2.24) is 8.96 Å². The highest BCUT2D eigenvalue weighted by Gasteiger charge is 2.31. The fraction of sp³-hybridized carbons (Fsp3) is 0.107. The Morgan fingerprint density at radius 3 is 2.35 bits per heavy atom. The normalized spacial score (nSPS) is 12.1. The SMILES string of the molecule is Cc1ccc(S(=O)(=O)n2cc(-c3cc(C(F)(F)F)ccn3)c3cc(OCc4ccccc4)ccc32)cc1. The average molecular weight is 523 g/mol. The molecule has 2 heterocycles. The Labute approximate surface area is 211 Å². The van der Waals surface area contributed by atoms with Crippen molar-refractivity contribution in [3.8, 4) is 17.0 Å². The first-order valence-corrected chi connectivity index (χ1v) is 12.7. The summed E-state index contributed by atoms with van der Waals surface area (Å²) in [6.45, 7) is 2.11. The second-order valence-corrected chi connectivity index (χ2v) is 10.4. The maximum absolute atomic E-state index is 13.6. The molecule has 0 aliphatic rings. The molecule has 0 atom stereocenters. The van der Waals surface area contributed by atoms with Crippen LogP contribution in [-0.2, 0) is 22.8 Å². The van der Waals surface area contributed by atoms with Gasteiger partial charge in [-0.2, -0.15) is 13.2 Å². The third-order valence-corrected chi connectivity index (χ3v) is 7.62. The molecule has 5 nitrogen and oxygen atoms in total. The summed E-state index contributed by atoms with van der Waals surface area (Å²) in [4.78, 5) is 4.19. The third-order valence-electron chi connectivity index (χ3n) is 5.93. The van der Waals surface area contributed by atoms with Crippen LogP contribution in [0.3, 0.4) is 0 Å². The number of hydrogen-bond acceptors (Lipinski definition) is 4. The number of hydrogen-bond donors (Lipinski definition) is 0. The summed E-state index contributed by atoms with van der Waals surface area (Å²) in [5.74, 6) is 0.440. The summed E-state index contributed by atoms with van der Waals surface area (Å²) >= 11 is 0. The molecule has 2 aromatic heterocycles. The van der Waals surface area contributed by atoms with Crippen molar-refractivity contribution in [2.75, 3.05) is 0 Å². The molecule has 0 saturated heterocycles. The summed E-state index contributed by atoms with van der Waals surface area (Å²) in [5.41, 5.74) is 1.48. The Balaban J connectivity index is 1.66. The highest BCUT2D eigenvalue weighted by molar-refractivity contribution is 7.90. The number of rotatable bonds is 6. The van der Waals surface area contributed by atoms with Crippen LogP contribution >= 0.6 is 0 Å². The Morgan fingerprint density at radius 1 is 0.919 bits per heavy atom. The van der Waals surface area contributed by atoms with Gasteiger partial charge in [0.15, 0.2) is 0 Å². The predicted octanol–water partition coefficient (Wildman–Crippen LogP) is 6.85. The summed E-state index contributed by atoms with van der Waals surface area (Å²) in [6.07, 6.45) is -2.21. The Bertz CT molecular complexity index is 1680. The lowest BCUT2D eigenvalue weighted by Crippen LogP contribution is -2.11. The van der Waals surface area contributed by atoms with Crippen LogP contribution < -0.4 is 4.74 Å². The minimum atomic E-state index is -4.58.